The molecule has 0 aliphatic rings. The van der Waals surface area contributed by atoms with E-state index in [1.54, 1.807) is 18.2 Å². The zero-order valence-electron chi connectivity index (χ0n) is 17.6. The number of carbonyl (C=O) groups is 1. The van der Waals surface area contributed by atoms with Crippen molar-refractivity contribution in [1.29, 1.82) is 5.26 Å². The first-order chi connectivity index (χ1) is 15.9. The highest BCUT2D eigenvalue weighted by molar-refractivity contribution is 9.10. The average molecular weight is 530 g/mol. The van der Waals surface area contributed by atoms with E-state index in [4.69, 9.17) is 21.1 Å². The van der Waals surface area contributed by atoms with Gasteiger partial charge in [0.2, 0.25) is 0 Å². The molecule has 3 rings (SSSR count). The quantitative estimate of drug-likeness (QED) is 0.258. The first-order valence-electron chi connectivity index (χ1n) is 9.92. The number of ether oxygens (including phenoxy) is 2. The van der Waals surface area contributed by atoms with Gasteiger partial charge in [-0.05, 0) is 60.5 Å². The van der Waals surface area contributed by atoms with Crippen molar-refractivity contribution in [2.45, 2.75) is 13.5 Å². The number of anilines is 1. The zero-order valence-corrected chi connectivity index (χ0v) is 19.9. The Labute approximate surface area is 204 Å². The predicted octanol–water partition coefficient (Wildman–Crippen LogP) is 6.76. The van der Waals surface area contributed by atoms with E-state index in [0.717, 1.165) is 10.0 Å². The lowest BCUT2D eigenvalue weighted by Gasteiger charge is -2.15. The maximum Gasteiger partial charge on any atom is 0.266 e. The van der Waals surface area contributed by atoms with Crippen molar-refractivity contribution in [3.8, 4) is 17.6 Å². The molecule has 0 saturated heterocycles. The van der Waals surface area contributed by atoms with Gasteiger partial charge in [-0.1, -0.05) is 51.8 Å². The van der Waals surface area contributed by atoms with E-state index >= 15 is 0 Å². The molecule has 0 unspecified atom stereocenters. The minimum Gasteiger partial charge on any atom is -0.490 e. The van der Waals surface area contributed by atoms with Crippen LogP contribution in [0.15, 0.2) is 70.7 Å². The molecule has 0 heterocycles. The number of benzene rings is 3. The fourth-order valence-corrected chi connectivity index (χ4v) is 3.42. The SMILES string of the molecule is CCOc1cc(/C=C(/C#N)C(=O)Nc2ccccc2F)cc(Cl)c1OCc1ccc(Br)cc1. The van der Waals surface area contributed by atoms with Crippen LogP contribution in [-0.4, -0.2) is 12.5 Å². The number of carbonyl (C=O) groups excluding carboxylic acids is 1. The Morgan fingerprint density at radius 1 is 1.18 bits per heavy atom. The number of hydrogen-bond donors (Lipinski definition) is 1. The van der Waals surface area contributed by atoms with Crippen molar-refractivity contribution in [1.82, 2.24) is 0 Å². The number of para-hydroxylation sites is 1. The molecule has 0 aromatic heterocycles. The molecule has 0 atom stereocenters. The summed E-state index contributed by atoms with van der Waals surface area (Å²) in [4.78, 5) is 12.5. The van der Waals surface area contributed by atoms with Crippen LogP contribution >= 0.6 is 27.5 Å². The first kappa shape index (κ1) is 24.3. The van der Waals surface area contributed by atoms with Crippen LogP contribution in [0.25, 0.3) is 6.08 Å². The lowest BCUT2D eigenvalue weighted by Crippen LogP contribution is -2.14. The number of halogens is 3. The number of amides is 1. The van der Waals surface area contributed by atoms with Gasteiger partial charge in [-0.25, -0.2) is 4.39 Å². The van der Waals surface area contributed by atoms with E-state index in [9.17, 15) is 14.4 Å². The molecule has 0 fully saturated rings. The Morgan fingerprint density at radius 3 is 2.58 bits per heavy atom. The molecular formula is C25H19BrClFN2O3. The third-order valence-electron chi connectivity index (χ3n) is 4.43. The van der Waals surface area contributed by atoms with Crippen molar-refractivity contribution in [2.75, 3.05) is 11.9 Å². The van der Waals surface area contributed by atoms with E-state index in [1.165, 1.54) is 24.3 Å². The minimum atomic E-state index is -0.743. The van der Waals surface area contributed by atoms with Crippen molar-refractivity contribution >= 4 is 45.2 Å². The maximum absolute atomic E-state index is 13.8. The molecule has 33 heavy (non-hydrogen) atoms. The summed E-state index contributed by atoms with van der Waals surface area (Å²) in [5, 5.41) is 12.1. The van der Waals surface area contributed by atoms with Crippen LogP contribution in [0.2, 0.25) is 5.02 Å². The normalized spacial score (nSPS) is 10.9. The zero-order chi connectivity index (χ0) is 23.8. The van der Waals surface area contributed by atoms with Gasteiger partial charge in [-0.2, -0.15) is 5.26 Å². The van der Waals surface area contributed by atoms with Gasteiger partial charge in [0.15, 0.2) is 11.5 Å². The van der Waals surface area contributed by atoms with Crippen LogP contribution in [0.1, 0.15) is 18.1 Å². The Balaban J connectivity index is 1.85. The largest absolute Gasteiger partial charge is 0.490 e. The summed E-state index contributed by atoms with van der Waals surface area (Å²) in [5.41, 5.74) is 1.16. The van der Waals surface area contributed by atoms with E-state index < -0.39 is 11.7 Å². The lowest BCUT2D eigenvalue weighted by atomic mass is 10.1. The maximum atomic E-state index is 13.8. The van der Waals surface area contributed by atoms with Crippen LogP contribution in [-0.2, 0) is 11.4 Å². The molecule has 1 amide bonds. The van der Waals surface area contributed by atoms with E-state index in [1.807, 2.05) is 37.3 Å². The number of nitrogens with zero attached hydrogens (tertiary/aromatic N) is 1. The van der Waals surface area contributed by atoms with Gasteiger partial charge in [0.25, 0.3) is 5.91 Å². The van der Waals surface area contributed by atoms with Gasteiger partial charge in [-0.3, -0.25) is 4.79 Å². The highest BCUT2D eigenvalue weighted by Crippen LogP contribution is 2.38. The van der Waals surface area contributed by atoms with Crippen molar-refractivity contribution in [2.24, 2.45) is 0 Å². The summed E-state index contributed by atoms with van der Waals surface area (Å²) in [5.74, 6) is -0.614. The fraction of sp³-hybridized carbons (Fsp3) is 0.120. The monoisotopic (exact) mass is 528 g/mol. The Kier molecular flexibility index (Phi) is 8.47. The first-order valence-corrected chi connectivity index (χ1v) is 11.1. The summed E-state index contributed by atoms with van der Waals surface area (Å²) in [6.45, 7) is 2.45. The summed E-state index contributed by atoms with van der Waals surface area (Å²) in [7, 11) is 0. The van der Waals surface area contributed by atoms with Gasteiger partial charge in [0.05, 0.1) is 17.3 Å². The molecule has 0 aliphatic carbocycles. The highest BCUT2D eigenvalue weighted by atomic mass is 79.9. The number of nitrogens with one attached hydrogen (secondary N) is 1. The molecule has 5 nitrogen and oxygen atoms in total. The topological polar surface area (TPSA) is 71.3 Å². The Hall–Kier alpha value is -3.34. The second kappa shape index (κ2) is 11.5. The summed E-state index contributed by atoms with van der Waals surface area (Å²) in [6.07, 6.45) is 1.35. The molecule has 8 heteroatoms. The van der Waals surface area contributed by atoms with Gasteiger partial charge in [0, 0.05) is 4.47 Å². The van der Waals surface area contributed by atoms with Gasteiger partial charge >= 0.3 is 0 Å². The lowest BCUT2D eigenvalue weighted by molar-refractivity contribution is -0.112. The second-order valence-electron chi connectivity index (χ2n) is 6.78. The van der Waals surface area contributed by atoms with Crippen molar-refractivity contribution < 1.29 is 18.7 Å². The molecule has 168 valence electrons. The molecule has 1 N–H and O–H groups in total. The average Bonchev–Trinajstić information content (AvgIpc) is 2.79. The van der Waals surface area contributed by atoms with Gasteiger partial charge < -0.3 is 14.8 Å². The standard InChI is InChI=1S/C25H19BrClFN2O3/c1-2-32-23-13-17(11-18(14-29)25(31)30-22-6-4-3-5-21(22)28)12-20(27)24(23)33-15-16-7-9-19(26)10-8-16/h3-13H,2,15H2,1H3,(H,30,31)/b18-11-. The van der Waals surface area contributed by atoms with Crippen LogP contribution < -0.4 is 14.8 Å². The molecule has 0 bridgehead atoms. The van der Waals surface area contributed by atoms with Crippen LogP contribution in [0.4, 0.5) is 10.1 Å². The van der Waals surface area contributed by atoms with Crippen LogP contribution in [0.3, 0.4) is 0 Å². The number of rotatable bonds is 8. The van der Waals surface area contributed by atoms with Crippen molar-refractivity contribution in [3.63, 3.8) is 0 Å². The molecule has 0 saturated carbocycles. The highest BCUT2D eigenvalue weighted by Gasteiger charge is 2.16. The summed E-state index contributed by atoms with van der Waals surface area (Å²) >= 11 is 9.84. The summed E-state index contributed by atoms with van der Waals surface area (Å²) < 4.78 is 26.4. The molecule has 0 aliphatic heterocycles. The van der Waals surface area contributed by atoms with Crippen LogP contribution in [0, 0.1) is 17.1 Å². The van der Waals surface area contributed by atoms with E-state index in [-0.39, 0.29) is 22.9 Å². The fourth-order valence-electron chi connectivity index (χ4n) is 2.88. The predicted molar refractivity (Wildman–Crippen MR) is 130 cm³/mol. The smallest absolute Gasteiger partial charge is 0.266 e. The Morgan fingerprint density at radius 2 is 1.91 bits per heavy atom. The van der Waals surface area contributed by atoms with E-state index in [2.05, 4.69) is 21.2 Å². The minimum absolute atomic E-state index is 0.0200. The second-order valence-corrected chi connectivity index (χ2v) is 8.10. The van der Waals surface area contributed by atoms with E-state index in [0.29, 0.717) is 23.7 Å². The molecular weight excluding hydrogens is 511 g/mol. The molecule has 0 radical (unpaired) electrons. The third-order valence-corrected chi connectivity index (χ3v) is 5.24. The van der Waals surface area contributed by atoms with Gasteiger partial charge in [-0.15, -0.1) is 0 Å². The summed E-state index contributed by atoms with van der Waals surface area (Å²) in [6, 6.07) is 18.4. The van der Waals surface area contributed by atoms with Crippen molar-refractivity contribution in [3.05, 3.63) is 92.7 Å². The van der Waals surface area contributed by atoms with Gasteiger partial charge in [0.1, 0.15) is 24.1 Å². The van der Waals surface area contributed by atoms with Crippen LogP contribution in [0.5, 0.6) is 11.5 Å². The molecule has 3 aromatic carbocycles. The Bertz CT molecular complexity index is 1220. The number of hydrogen-bond acceptors (Lipinski definition) is 4. The third kappa shape index (κ3) is 6.58. The molecule has 3 aromatic rings. The number of nitriles is 1. The molecule has 0 spiro atoms.